The summed E-state index contributed by atoms with van der Waals surface area (Å²) in [6.45, 7) is 6.27. The van der Waals surface area contributed by atoms with Crippen LogP contribution in [0.5, 0.6) is 0 Å². The molecule has 0 heterocycles. The molecule has 2 N–H and O–H groups in total. The van der Waals surface area contributed by atoms with Gasteiger partial charge in [-0.2, -0.15) is 0 Å². The molecule has 0 amide bonds. The van der Waals surface area contributed by atoms with E-state index in [9.17, 15) is 0 Å². The van der Waals surface area contributed by atoms with Crippen molar-refractivity contribution >= 4 is 5.69 Å². The first-order valence-electron chi connectivity index (χ1n) is 4.66. The van der Waals surface area contributed by atoms with Crippen molar-refractivity contribution in [1.82, 2.24) is 4.90 Å². The van der Waals surface area contributed by atoms with Crippen molar-refractivity contribution in [3.63, 3.8) is 0 Å². The van der Waals surface area contributed by atoms with E-state index in [4.69, 9.17) is 5.73 Å². The van der Waals surface area contributed by atoms with Gasteiger partial charge in [0.15, 0.2) is 0 Å². The first kappa shape index (κ1) is 10.1. The summed E-state index contributed by atoms with van der Waals surface area (Å²) in [5.74, 6) is 0. The highest BCUT2D eigenvalue weighted by molar-refractivity contribution is 5.44. The molecule has 1 aromatic carbocycles. The van der Waals surface area contributed by atoms with Gasteiger partial charge in [0.2, 0.25) is 0 Å². The van der Waals surface area contributed by atoms with Crippen molar-refractivity contribution in [2.45, 2.75) is 20.4 Å². The molecule has 1 rings (SSSR count). The fourth-order valence-electron chi connectivity index (χ4n) is 1.41. The lowest BCUT2D eigenvalue weighted by Gasteiger charge is -2.14. The number of benzene rings is 1. The van der Waals surface area contributed by atoms with Crippen molar-refractivity contribution < 1.29 is 0 Å². The highest BCUT2D eigenvalue weighted by Crippen LogP contribution is 2.12. The first-order valence-corrected chi connectivity index (χ1v) is 4.66. The van der Waals surface area contributed by atoms with Gasteiger partial charge in [0, 0.05) is 12.2 Å². The monoisotopic (exact) mass is 178 g/mol. The minimum Gasteiger partial charge on any atom is -0.399 e. The number of rotatable bonds is 3. The molecule has 0 saturated carbocycles. The van der Waals surface area contributed by atoms with Crippen molar-refractivity contribution in [2.75, 3.05) is 19.3 Å². The third kappa shape index (κ3) is 3.07. The molecule has 13 heavy (non-hydrogen) atoms. The molecule has 0 aliphatic carbocycles. The van der Waals surface area contributed by atoms with E-state index in [-0.39, 0.29) is 0 Å². The highest BCUT2D eigenvalue weighted by atomic mass is 15.1. The summed E-state index contributed by atoms with van der Waals surface area (Å²) in [6, 6.07) is 6.22. The molecule has 0 aromatic heterocycles. The smallest absolute Gasteiger partial charge is 0.0319 e. The maximum absolute atomic E-state index is 5.76. The van der Waals surface area contributed by atoms with Crippen LogP contribution in [-0.2, 0) is 6.54 Å². The Balaban J connectivity index is 2.77. The molecule has 0 saturated heterocycles. The molecular formula is C11H18N2. The lowest BCUT2D eigenvalue weighted by atomic mass is 10.1. The maximum atomic E-state index is 5.76. The van der Waals surface area contributed by atoms with Gasteiger partial charge in [0.25, 0.3) is 0 Å². The SMILES string of the molecule is CCN(C)Cc1cc(C)cc(N)c1. The molecule has 0 aliphatic heterocycles. The second-order valence-corrected chi connectivity index (χ2v) is 3.58. The average molecular weight is 178 g/mol. The first-order chi connectivity index (χ1) is 6.11. The van der Waals surface area contributed by atoms with E-state index in [1.165, 1.54) is 11.1 Å². The van der Waals surface area contributed by atoms with Crippen LogP contribution in [0.25, 0.3) is 0 Å². The summed E-state index contributed by atoms with van der Waals surface area (Å²) in [5.41, 5.74) is 9.15. The summed E-state index contributed by atoms with van der Waals surface area (Å²) in [6.07, 6.45) is 0. The van der Waals surface area contributed by atoms with Crippen molar-refractivity contribution in [3.8, 4) is 0 Å². The lowest BCUT2D eigenvalue weighted by molar-refractivity contribution is 0.346. The Morgan fingerprint density at radius 3 is 2.54 bits per heavy atom. The van der Waals surface area contributed by atoms with Gasteiger partial charge in [0.1, 0.15) is 0 Å². The summed E-state index contributed by atoms with van der Waals surface area (Å²) in [5, 5.41) is 0. The quantitative estimate of drug-likeness (QED) is 0.718. The average Bonchev–Trinajstić information content (AvgIpc) is 2.02. The van der Waals surface area contributed by atoms with Gasteiger partial charge in [-0.15, -0.1) is 0 Å². The standard InChI is InChI=1S/C11H18N2/c1-4-13(3)8-10-5-9(2)6-11(12)7-10/h5-7H,4,8,12H2,1-3H3. The van der Waals surface area contributed by atoms with Crippen molar-refractivity contribution in [2.24, 2.45) is 0 Å². The van der Waals surface area contributed by atoms with E-state index in [1.807, 2.05) is 12.1 Å². The Morgan fingerprint density at radius 2 is 2.00 bits per heavy atom. The number of nitrogen functional groups attached to an aromatic ring is 1. The summed E-state index contributed by atoms with van der Waals surface area (Å²) in [7, 11) is 2.11. The largest absolute Gasteiger partial charge is 0.399 e. The second kappa shape index (κ2) is 4.28. The summed E-state index contributed by atoms with van der Waals surface area (Å²) < 4.78 is 0. The van der Waals surface area contributed by atoms with Gasteiger partial charge in [0.05, 0.1) is 0 Å². The minimum atomic E-state index is 0.861. The van der Waals surface area contributed by atoms with Crippen LogP contribution < -0.4 is 5.73 Å². The zero-order chi connectivity index (χ0) is 9.84. The van der Waals surface area contributed by atoms with E-state index >= 15 is 0 Å². The van der Waals surface area contributed by atoms with Crippen LogP contribution in [0.15, 0.2) is 18.2 Å². The third-order valence-corrected chi connectivity index (χ3v) is 2.15. The molecule has 1 aromatic rings. The van der Waals surface area contributed by atoms with Gasteiger partial charge in [-0.05, 0) is 43.8 Å². The molecule has 0 aliphatic rings. The number of nitrogens with zero attached hydrogens (tertiary/aromatic N) is 1. The zero-order valence-corrected chi connectivity index (χ0v) is 8.67. The van der Waals surface area contributed by atoms with Crippen LogP contribution in [0.1, 0.15) is 18.1 Å². The molecule has 0 fully saturated rings. The summed E-state index contributed by atoms with van der Waals surface area (Å²) >= 11 is 0. The molecule has 0 radical (unpaired) electrons. The van der Waals surface area contributed by atoms with Gasteiger partial charge >= 0.3 is 0 Å². The molecule has 0 bridgehead atoms. The third-order valence-electron chi connectivity index (χ3n) is 2.15. The maximum Gasteiger partial charge on any atom is 0.0319 e. The molecule has 2 nitrogen and oxygen atoms in total. The topological polar surface area (TPSA) is 29.3 Å². The van der Waals surface area contributed by atoms with E-state index in [0.29, 0.717) is 0 Å². The molecule has 2 heteroatoms. The van der Waals surface area contributed by atoms with Crippen molar-refractivity contribution in [1.29, 1.82) is 0 Å². The molecule has 0 atom stereocenters. The molecular weight excluding hydrogens is 160 g/mol. The van der Waals surface area contributed by atoms with Crippen LogP contribution in [-0.4, -0.2) is 18.5 Å². The van der Waals surface area contributed by atoms with Gasteiger partial charge < -0.3 is 10.6 Å². The number of hydrogen-bond acceptors (Lipinski definition) is 2. The van der Waals surface area contributed by atoms with Gasteiger partial charge in [-0.1, -0.05) is 13.0 Å². The zero-order valence-electron chi connectivity index (χ0n) is 8.67. The van der Waals surface area contributed by atoms with Crippen LogP contribution in [0.4, 0.5) is 5.69 Å². The van der Waals surface area contributed by atoms with E-state index in [2.05, 4.69) is 31.9 Å². The Bertz CT molecular complexity index is 261. The highest BCUT2D eigenvalue weighted by Gasteiger charge is 1.99. The second-order valence-electron chi connectivity index (χ2n) is 3.58. The van der Waals surface area contributed by atoms with Crippen LogP contribution in [0.2, 0.25) is 0 Å². The van der Waals surface area contributed by atoms with Crippen LogP contribution >= 0.6 is 0 Å². The molecule has 72 valence electrons. The molecule has 0 unspecified atom stereocenters. The van der Waals surface area contributed by atoms with Crippen LogP contribution in [0.3, 0.4) is 0 Å². The number of anilines is 1. The van der Waals surface area contributed by atoms with E-state index in [1.54, 1.807) is 0 Å². The lowest BCUT2D eigenvalue weighted by Crippen LogP contribution is -2.16. The Kier molecular flexibility index (Phi) is 3.32. The van der Waals surface area contributed by atoms with Gasteiger partial charge in [-0.25, -0.2) is 0 Å². The fraction of sp³-hybridized carbons (Fsp3) is 0.455. The van der Waals surface area contributed by atoms with Gasteiger partial charge in [-0.3, -0.25) is 0 Å². The summed E-state index contributed by atoms with van der Waals surface area (Å²) in [4.78, 5) is 2.26. The minimum absolute atomic E-state index is 0.861. The Labute approximate surface area is 80.4 Å². The Morgan fingerprint density at radius 1 is 1.31 bits per heavy atom. The predicted molar refractivity (Wildman–Crippen MR) is 57.6 cm³/mol. The number of hydrogen-bond donors (Lipinski definition) is 1. The normalized spacial score (nSPS) is 10.8. The van der Waals surface area contributed by atoms with E-state index < -0.39 is 0 Å². The number of aryl methyl sites for hydroxylation is 1. The fourth-order valence-corrected chi connectivity index (χ4v) is 1.41. The van der Waals surface area contributed by atoms with Crippen molar-refractivity contribution in [3.05, 3.63) is 29.3 Å². The Hall–Kier alpha value is -1.02. The van der Waals surface area contributed by atoms with Crippen LogP contribution in [0, 0.1) is 6.92 Å². The van der Waals surface area contributed by atoms with E-state index in [0.717, 1.165) is 18.8 Å². The number of nitrogens with two attached hydrogens (primary N) is 1. The molecule has 0 spiro atoms. The predicted octanol–water partition coefficient (Wildman–Crippen LogP) is 2.03.